The molecule has 2 aromatic carbocycles. The van der Waals surface area contributed by atoms with Gasteiger partial charge < -0.3 is 4.90 Å². The van der Waals surface area contributed by atoms with Gasteiger partial charge >= 0.3 is 0 Å². The van der Waals surface area contributed by atoms with Gasteiger partial charge in [0.15, 0.2) is 0 Å². The zero-order chi connectivity index (χ0) is 20.3. The van der Waals surface area contributed by atoms with Crippen molar-refractivity contribution in [3.8, 4) is 0 Å². The molecule has 1 heterocycles. The first-order valence-corrected chi connectivity index (χ1v) is 10.5. The van der Waals surface area contributed by atoms with Crippen LogP contribution >= 0.6 is 0 Å². The fourth-order valence-electron chi connectivity index (χ4n) is 3.37. The van der Waals surface area contributed by atoms with Gasteiger partial charge in [-0.1, -0.05) is 18.2 Å². The first kappa shape index (κ1) is 20.4. The molecule has 1 aliphatic rings. The maximum absolute atomic E-state index is 13.8. The molecule has 0 unspecified atom stereocenters. The van der Waals surface area contributed by atoms with E-state index in [1.807, 2.05) is 0 Å². The van der Waals surface area contributed by atoms with Gasteiger partial charge in [0.2, 0.25) is 15.9 Å². The van der Waals surface area contributed by atoms with Crippen LogP contribution in [0.15, 0.2) is 53.4 Å². The Hall–Kier alpha value is -2.32. The second-order valence-corrected chi connectivity index (χ2v) is 8.86. The van der Waals surface area contributed by atoms with E-state index in [2.05, 4.69) is 0 Å². The van der Waals surface area contributed by atoms with Crippen LogP contribution in [-0.4, -0.2) is 43.7 Å². The number of halogens is 2. The minimum absolute atomic E-state index is 0.0374. The Bertz CT molecular complexity index is 940. The van der Waals surface area contributed by atoms with E-state index in [9.17, 15) is 22.0 Å². The molecular weight excluding hydrogens is 386 g/mol. The molecule has 3 rings (SSSR count). The molecule has 1 saturated heterocycles. The summed E-state index contributed by atoms with van der Waals surface area (Å²) in [6.45, 7) is 0.590. The van der Waals surface area contributed by atoms with Crippen molar-refractivity contribution in [2.24, 2.45) is 5.92 Å². The third-order valence-corrected chi connectivity index (χ3v) is 6.91. The summed E-state index contributed by atoms with van der Waals surface area (Å²) in [4.78, 5) is 14.2. The highest BCUT2D eigenvalue weighted by Gasteiger charge is 2.33. The summed E-state index contributed by atoms with van der Waals surface area (Å²) in [6, 6.07) is 11.0. The molecule has 0 aliphatic carbocycles. The average molecular weight is 408 g/mol. The van der Waals surface area contributed by atoms with Gasteiger partial charge in [0.05, 0.1) is 4.90 Å². The second kappa shape index (κ2) is 8.36. The van der Waals surface area contributed by atoms with Crippen molar-refractivity contribution in [3.63, 3.8) is 0 Å². The van der Waals surface area contributed by atoms with Crippen molar-refractivity contribution in [1.29, 1.82) is 0 Å². The zero-order valence-corrected chi connectivity index (χ0v) is 16.3. The maximum atomic E-state index is 13.8. The molecular formula is C20H22F2N2O3S. The number of carbonyl (C=O) groups is 1. The molecule has 1 aliphatic heterocycles. The van der Waals surface area contributed by atoms with Crippen LogP contribution < -0.4 is 0 Å². The largest absolute Gasteiger partial charge is 0.341 e. The lowest BCUT2D eigenvalue weighted by molar-refractivity contribution is -0.136. The highest BCUT2D eigenvalue weighted by atomic mass is 32.2. The van der Waals surface area contributed by atoms with Crippen molar-refractivity contribution < 1.29 is 22.0 Å². The first-order valence-electron chi connectivity index (χ1n) is 9.03. The number of hydrogen-bond acceptors (Lipinski definition) is 3. The van der Waals surface area contributed by atoms with Crippen LogP contribution in [0.1, 0.15) is 18.4 Å². The average Bonchev–Trinajstić information content (AvgIpc) is 2.69. The van der Waals surface area contributed by atoms with Crippen LogP contribution in [0.5, 0.6) is 0 Å². The molecule has 0 saturated carbocycles. The topological polar surface area (TPSA) is 57.7 Å². The Morgan fingerprint density at radius 3 is 2.29 bits per heavy atom. The Balaban J connectivity index is 1.60. The van der Waals surface area contributed by atoms with Gasteiger partial charge in [0.1, 0.15) is 11.6 Å². The van der Waals surface area contributed by atoms with Crippen molar-refractivity contribution >= 4 is 15.9 Å². The number of carbonyl (C=O) groups excluding carboxylic acids is 1. The van der Waals surface area contributed by atoms with Crippen LogP contribution in [0, 0.1) is 17.6 Å². The number of rotatable bonds is 5. The predicted octanol–water partition coefficient (Wildman–Crippen LogP) is 3.02. The third-order valence-electron chi connectivity index (χ3n) is 5.00. The molecule has 150 valence electrons. The number of hydrogen-bond donors (Lipinski definition) is 0. The van der Waals surface area contributed by atoms with Gasteiger partial charge in [-0.15, -0.1) is 0 Å². The minimum Gasteiger partial charge on any atom is -0.341 e. The van der Waals surface area contributed by atoms with Gasteiger partial charge in [-0.2, -0.15) is 4.31 Å². The molecule has 28 heavy (non-hydrogen) atoms. The van der Waals surface area contributed by atoms with Crippen LogP contribution in [0.25, 0.3) is 0 Å². The zero-order valence-electron chi connectivity index (χ0n) is 15.5. The number of piperidine rings is 1. The summed E-state index contributed by atoms with van der Waals surface area (Å²) >= 11 is 0. The molecule has 1 amide bonds. The Labute approximate surface area is 163 Å². The van der Waals surface area contributed by atoms with E-state index >= 15 is 0 Å². The van der Waals surface area contributed by atoms with Crippen LogP contribution in [0.3, 0.4) is 0 Å². The molecule has 1 fully saturated rings. The monoisotopic (exact) mass is 408 g/mol. The Morgan fingerprint density at radius 1 is 1.07 bits per heavy atom. The van der Waals surface area contributed by atoms with Gasteiger partial charge in [-0.3, -0.25) is 4.79 Å². The Morgan fingerprint density at radius 2 is 1.68 bits per heavy atom. The van der Waals surface area contributed by atoms with Crippen molar-refractivity contribution in [1.82, 2.24) is 9.21 Å². The van der Waals surface area contributed by atoms with Gasteiger partial charge in [0, 0.05) is 38.2 Å². The number of benzene rings is 2. The second-order valence-electron chi connectivity index (χ2n) is 6.92. The quantitative estimate of drug-likeness (QED) is 0.764. The van der Waals surface area contributed by atoms with E-state index in [-0.39, 0.29) is 42.2 Å². The van der Waals surface area contributed by atoms with Crippen molar-refractivity contribution in [2.75, 3.05) is 20.1 Å². The molecule has 0 atom stereocenters. The van der Waals surface area contributed by atoms with E-state index in [1.165, 1.54) is 27.4 Å². The third kappa shape index (κ3) is 4.39. The fraction of sp³-hybridized carbons (Fsp3) is 0.350. The van der Waals surface area contributed by atoms with E-state index in [4.69, 9.17) is 0 Å². The van der Waals surface area contributed by atoms with E-state index < -0.39 is 15.8 Å². The van der Waals surface area contributed by atoms with Gasteiger partial charge in [-0.25, -0.2) is 17.2 Å². The molecule has 0 aromatic heterocycles. The fourth-order valence-corrected chi connectivity index (χ4v) is 4.84. The maximum Gasteiger partial charge on any atom is 0.243 e. The SMILES string of the molecule is CN(Cc1ccccc1F)C(=O)C1CCN(S(=O)(=O)c2ccc(F)cc2)CC1. The van der Waals surface area contributed by atoms with Crippen LogP contribution in [0.4, 0.5) is 8.78 Å². The first-order chi connectivity index (χ1) is 13.3. The lowest BCUT2D eigenvalue weighted by Gasteiger charge is -2.32. The molecule has 0 bridgehead atoms. The molecule has 2 aromatic rings. The van der Waals surface area contributed by atoms with Crippen LogP contribution in [0.2, 0.25) is 0 Å². The lowest BCUT2D eigenvalue weighted by Crippen LogP contribution is -2.43. The highest BCUT2D eigenvalue weighted by Crippen LogP contribution is 2.25. The smallest absolute Gasteiger partial charge is 0.243 e. The summed E-state index contributed by atoms with van der Waals surface area (Å²) in [7, 11) is -2.09. The van der Waals surface area contributed by atoms with Crippen LogP contribution in [-0.2, 0) is 21.4 Å². The number of nitrogens with zero attached hydrogens (tertiary/aromatic N) is 2. The lowest BCUT2D eigenvalue weighted by atomic mass is 9.96. The molecule has 0 N–H and O–H groups in total. The normalized spacial score (nSPS) is 16.1. The van der Waals surface area contributed by atoms with E-state index in [0.717, 1.165) is 12.1 Å². The molecule has 5 nitrogen and oxygen atoms in total. The summed E-state index contributed by atoms with van der Waals surface area (Å²) < 4.78 is 53.5. The summed E-state index contributed by atoms with van der Waals surface area (Å²) in [6.07, 6.45) is 0.780. The predicted molar refractivity (Wildman–Crippen MR) is 101 cm³/mol. The number of amides is 1. The van der Waals surface area contributed by atoms with Gasteiger partial charge in [0.25, 0.3) is 0 Å². The standard InChI is InChI=1S/C20H22F2N2O3S/c1-23(14-16-4-2-3-5-19(16)22)20(25)15-10-12-24(13-11-15)28(26,27)18-8-6-17(21)7-9-18/h2-9,15H,10-14H2,1H3. The van der Waals surface area contributed by atoms with E-state index in [1.54, 1.807) is 25.2 Å². The van der Waals surface area contributed by atoms with Crippen molar-refractivity contribution in [3.05, 3.63) is 65.7 Å². The molecule has 0 spiro atoms. The van der Waals surface area contributed by atoms with E-state index in [0.29, 0.717) is 18.4 Å². The molecule has 8 heteroatoms. The van der Waals surface area contributed by atoms with Gasteiger partial charge in [-0.05, 0) is 43.2 Å². The summed E-state index contributed by atoms with van der Waals surface area (Å²) in [5.41, 5.74) is 0.440. The summed E-state index contributed by atoms with van der Waals surface area (Å²) in [5, 5.41) is 0. The number of sulfonamides is 1. The molecule has 0 radical (unpaired) electrons. The highest BCUT2D eigenvalue weighted by molar-refractivity contribution is 7.89. The summed E-state index contributed by atoms with van der Waals surface area (Å²) in [5.74, 6) is -1.29. The Kier molecular flexibility index (Phi) is 6.10. The van der Waals surface area contributed by atoms with Crippen molar-refractivity contribution in [2.45, 2.75) is 24.3 Å². The minimum atomic E-state index is -3.71.